The van der Waals surface area contributed by atoms with Crippen LogP contribution < -0.4 is 15.2 Å². The molecular formula is C10H11NO5. The van der Waals surface area contributed by atoms with E-state index in [2.05, 4.69) is 0 Å². The zero-order chi connectivity index (χ0) is 11.7. The number of rotatable bonds is 2. The van der Waals surface area contributed by atoms with E-state index in [1.807, 2.05) is 0 Å². The highest BCUT2D eigenvalue weighted by Gasteiger charge is 2.27. The third-order valence-electron chi connectivity index (χ3n) is 2.30. The number of phenols is 1. The Balaban J connectivity index is 2.53. The largest absolute Gasteiger partial charge is 0.507 e. The fourth-order valence-electron chi connectivity index (χ4n) is 1.55. The van der Waals surface area contributed by atoms with Gasteiger partial charge in [-0.1, -0.05) is 0 Å². The van der Waals surface area contributed by atoms with Crippen molar-refractivity contribution in [1.29, 1.82) is 0 Å². The van der Waals surface area contributed by atoms with E-state index in [1.165, 1.54) is 12.1 Å². The minimum absolute atomic E-state index is 0.0460. The number of hydrogen-bond donors (Lipinski definition) is 3. The smallest absolute Gasteiger partial charge is 0.325 e. The first-order chi connectivity index (χ1) is 7.61. The van der Waals surface area contributed by atoms with E-state index < -0.39 is 12.0 Å². The van der Waals surface area contributed by atoms with Crippen LogP contribution in [0.5, 0.6) is 17.2 Å². The molecule has 4 N–H and O–H groups in total. The van der Waals surface area contributed by atoms with E-state index >= 15 is 0 Å². The van der Waals surface area contributed by atoms with Crippen molar-refractivity contribution < 1.29 is 24.5 Å². The zero-order valence-electron chi connectivity index (χ0n) is 8.34. The predicted molar refractivity (Wildman–Crippen MR) is 53.7 cm³/mol. The Labute approximate surface area is 91.2 Å². The minimum atomic E-state index is -1.34. The van der Waals surface area contributed by atoms with Crippen molar-refractivity contribution >= 4 is 5.97 Å². The lowest BCUT2D eigenvalue weighted by Gasteiger charge is -2.22. The number of fused-ring (bicyclic) bond motifs is 1. The summed E-state index contributed by atoms with van der Waals surface area (Å²) in [6, 6.07) is 1.52. The Hall–Kier alpha value is -1.95. The molecule has 0 aromatic heterocycles. The van der Waals surface area contributed by atoms with Gasteiger partial charge >= 0.3 is 5.97 Å². The van der Waals surface area contributed by atoms with Crippen molar-refractivity contribution in [2.75, 3.05) is 13.2 Å². The van der Waals surface area contributed by atoms with Crippen molar-refractivity contribution in [3.63, 3.8) is 0 Å². The minimum Gasteiger partial charge on any atom is -0.507 e. The SMILES string of the molecule is NC(C(=O)O)c1c(O)ccc2c1OCCO2. The van der Waals surface area contributed by atoms with Crippen molar-refractivity contribution in [3.8, 4) is 17.2 Å². The van der Waals surface area contributed by atoms with Crippen LogP contribution in [0.2, 0.25) is 0 Å². The topological polar surface area (TPSA) is 102 Å². The van der Waals surface area contributed by atoms with Crippen LogP contribution in [0.3, 0.4) is 0 Å². The lowest BCUT2D eigenvalue weighted by molar-refractivity contribution is -0.138. The van der Waals surface area contributed by atoms with Gasteiger partial charge in [-0.2, -0.15) is 0 Å². The second-order valence-corrected chi connectivity index (χ2v) is 3.34. The van der Waals surface area contributed by atoms with Crippen LogP contribution >= 0.6 is 0 Å². The molecule has 6 heteroatoms. The van der Waals surface area contributed by atoms with Crippen molar-refractivity contribution in [2.45, 2.75) is 6.04 Å². The highest BCUT2D eigenvalue weighted by atomic mass is 16.6. The van der Waals surface area contributed by atoms with Gasteiger partial charge in [0.15, 0.2) is 11.5 Å². The molecule has 0 aliphatic carbocycles. The molecular weight excluding hydrogens is 214 g/mol. The Bertz CT molecular complexity index is 431. The normalized spacial score (nSPS) is 15.6. The molecule has 1 unspecified atom stereocenters. The molecule has 0 saturated heterocycles. The summed E-state index contributed by atoms with van der Waals surface area (Å²) in [4.78, 5) is 10.8. The van der Waals surface area contributed by atoms with E-state index in [4.69, 9.17) is 20.3 Å². The lowest BCUT2D eigenvalue weighted by Crippen LogP contribution is -2.24. The fourth-order valence-corrected chi connectivity index (χ4v) is 1.55. The molecule has 1 aliphatic rings. The van der Waals surface area contributed by atoms with E-state index in [-0.39, 0.29) is 17.1 Å². The molecule has 1 atom stereocenters. The summed E-state index contributed by atoms with van der Waals surface area (Å²) in [5, 5.41) is 18.4. The molecule has 6 nitrogen and oxygen atoms in total. The third kappa shape index (κ3) is 1.63. The van der Waals surface area contributed by atoms with Gasteiger partial charge in [0.1, 0.15) is 25.0 Å². The number of aliphatic carboxylic acids is 1. The Morgan fingerprint density at radius 1 is 1.38 bits per heavy atom. The molecule has 0 amide bonds. The highest BCUT2D eigenvalue weighted by Crippen LogP contribution is 2.41. The number of benzene rings is 1. The number of carbonyl (C=O) groups is 1. The summed E-state index contributed by atoms with van der Waals surface area (Å²) in [5.74, 6) is -0.839. The van der Waals surface area contributed by atoms with Gasteiger partial charge in [0, 0.05) is 0 Å². The molecule has 16 heavy (non-hydrogen) atoms. The second-order valence-electron chi connectivity index (χ2n) is 3.34. The molecule has 1 aliphatic heterocycles. The van der Waals surface area contributed by atoms with Gasteiger partial charge in [-0.15, -0.1) is 0 Å². The quantitative estimate of drug-likeness (QED) is 0.666. The van der Waals surface area contributed by atoms with Gasteiger partial charge in [0.05, 0.1) is 5.56 Å². The van der Waals surface area contributed by atoms with Crippen LogP contribution in [0.25, 0.3) is 0 Å². The summed E-state index contributed by atoms with van der Waals surface area (Å²) in [5.41, 5.74) is 5.51. The molecule has 86 valence electrons. The van der Waals surface area contributed by atoms with Crippen LogP contribution in [0, 0.1) is 0 Å². The first-order valence-corrected chi connectivity index (χ1v) is 4.71. The molecule has 0 fully saturated rings. The molecule has 0 radical (unpaired) electrons. The van der Waals surface area contributed by atoms with Crippen LogP contribution in [-0.4, -0.2) is 29.4 Å². The molecule has 0 spiro atoms. The van der Waals surface area contributed by atoms with Crippen molar-refractivity contribution in [3.05, 3.63) is 17.7 Å². The standard InChI is InChI=1S/C10H11NO5/c11-8(10(13)14)7-5(12)1-2-6-9(7)16-4-3-15-6/h1-2,8,12H,3-4,11H2,(H,13,14). The van der Waals surface area contributed by atoms with Crippen LogP contribution in [-0.2, 0) is 4.79 Å². The first-order valence-electron chi connectivity index (χ1n) is 4.71. The second kappa shape index (κ2) is 3.90. The molecule has 1 aromatic carbocycles. The Morgan fingerprint density at radius 2 is 2.06 bits per heavy atom. The fraction of sp³-hybridized carbons (Fsp3) is 0.300. The average molecular weight is 225 g/mol. The molecule has 1 aromatic rings. The first kappa shape index (κ1) is 10.6. The van der Waals surface area contributed by atoms with Gasteiger partial charge < -0.3 is 25.4 Å². The van der Waals surface area contributed by atoms with Crippen molar-refractivity contribution in [2.24, 2.45) is 5.73 Å². The van der Waals surface area contributed by atoms with E-state index in [9.17, 15) is 9.90 Å². The maximum atomic E-state index is 10.8. The van der Waals surface area contributed by atoms with Gasteiger partial charge in [0.2, 0.25) is 0 Å². The molecule has 0 saturated carbocycles. The van der Waals surface area contributed by atoms with E-state index in [0.717, 1.165) is 0 Å². The zero-order valence-corrected chi connectivity index (χ0v) is 8.34. The number of carboxylic acid groups (broad SMARTS) is 1. The average Bonchev–Trinajstić information content (AvgIpc) is 2.28. The number of aromatic hydroxyl groups is 1. The number of phenolic OH excluding ortho intramolecular Hbond substituents is 1. The third-order valence-corrected chi connectivity index (χ3v) is 2.30. The Morgan fingerprint density at radius 3 is 2.75 bits per heavy atom. The maximum Gasteiger partial charge on any atom is 0.325 e. The van der Waals surface area contributed by atoms with E-state index in [0.29, 0.717) is 19.0 Å². The summed E-state index contributed by atoms with van der Waals surface area (Å²) < 4.78 is 10.5. The van der Waals surface area contributed by atoms with Crippen LogP contribution in [0.4, 0.5) is 0 Å². The van der Waals surface area contributed by atoms with Crippen molar-refractivity contribution in [1.82, 2.24) is 0 Å². The molecule has 2 rings (SSSR count). The number of nitrogens with two attached hydrogens (primary N) is 1. The predicted octanol–water partition coefficient (Wildman–Crippen LogP) is 0.248. The molecule has 0 bridgehead atoms. The summed E-state index contributed by atoms with van der Waals surface area (Å²) in [7, 11) is 0. The molecule has 1 heterocycles. The lowest BCUT2D eigenvalue weighted by atomic mass is 10.0. The Kier molecular flexibility index (Phi) is 2.57. The maximum absolute atomic E-state index is 10.8. The summed E-state index contributed by atoms with van der Waals surface area (Å²) >= 11 is 0. The van der Waals surface area contributed by atoms with Crippen LogP contribution in [0.1, 0.15) is 11.6 Å². The summed E-state index contributed by atoms with van der Waals surface area (Å²) in [6.07, 6.45) is 0. The van der Waals surface area contributed by atoms with Gasteiger partial charge in [-0.25, -0.2) is 0 Å². The number of ether oxygens (including phenoxy) is 2. The number of carboxylic acids is 1. The monoisotopic (exact) mass is 225 g/mol. The van der Waals surface area contributed by atoms with E-state index in [1.54, 1.807) is 0 Å². The highest BCUT2D eigenvalue weighted by molar-refractivity contribution is 5.78. The van der Waals surface area contributed by atoms with Crippen LogP contribution in [0.15, 0.2) is 12.1 Å². The number of hydrogen-bond acceptors (Lipinski definition) is 5. The van der Waals surface area contributed by atoms with Gasteiger partial charge in [0.25, 0.3) is 0 Å². The van der Waals surface area contributed by atoms with Gasteiger partial charge in [-0.3, -0.25) is 4.79 Å². The summed E-state index contributed by atoms with van der Waals surface area (Å²) in [6.45, 7) is 0.690. The van der Waals surface area contributed by atoms with Gasteiger partial charge in [-0.05, 0) is 12.1 Å².